The number of rotatable bonds is 3. The zero-order valence-corrected chi connectivity index (χ0v) is 17.0. The van der Waals surface area contributed by atoms with E-state index in [0.29, 0.717) is 11.6 Å². The van der Waals surface area contributed by atoms with E-state index in [9.17, 15) is 4.79 Å². The fourth-order valence-electron chi connectivity index (χ4n) is 3.77. The van der Waals surface area contributed by atoms with Crippen LogP contribution in [-0.2, 0) is 4.79 Å². The summed E-state index contributed by atoms with van der Waals surface area (Å²) in [5, 5.41) is 8.75. The van der Waals surface area contributed by atoms with E-state index in [1.54, 1.807) is 11.8 Å². The SMILES string of the molecule is CSc1ccc([C@H]2C3=C(CC(C)(C)CC3=O)Nc3nc(SC)nn32)cc1. The van der Waals surface area contributed by atoms with Gasteiger partial charge in [0.25, 0.3) is 0 Å². The van der Waals surface area contributed by atoms with Gasteiger partial charge in [0, 0.05) is 22.6 Å². The minimum absolute atomic E-state index is 0.0410. The lowest BCUT2D eigenvalue weighted by molar-refractivity contribution is -0.118. The van der Waals surface area contributed by atoms with Crippen molar-refractivity contribution < 1.29 is 4.79 Å². The summed E-state index contributed by atoms with van der Waals surface area (Å²) < 4.78 is 1.87. The number of ketones is 1. The average molecular weight is 387 g/mol. The Balaban J connectivity index is 1.87. The maximum atomic E-state index is 13.1. The predicted octanol–water partition coefficient (Wildman–Crippen LogP) is 4.38. The number of aromatic nitrogens is 3. The van der Waals surface area contributed by atoms with Crippen LogP contribution in [0.4, 0.5) is 5.95 Å². The molecule has 1 N–H and O–H groups in total. The van der Waals surface area contributed by atoms with Gasteiger partial charge in [-0.2, -0.15) is 4.98 Å². The van der Waals surface area contributed by atoms with E-state index in [-0.39, 0.29) is 17.2 Å². The van der Waals surface area contributed by atoms with E-state index in [1.165, 1.54) is 16.7 Å². The largest absolute Gasteiger partial charge is 0.328 e. The third kappa shape index (κ3) is 2.97. The Kier molecular flexibility index (Phi) is 4.39. The lowest BCUT2D eigenvalue weighted by atomic mass is 9.73. The molecule has 26 heavy (non-hydrogen) atoms. The molecule has 1 aliphatic carbocycles. The van der Waals surface area contributed by atoms with Crippen molar-refractivity contribution >= 4 is 35.3 Å². The highest BCUT2D eigenvalue weighted by atomic mass is 32.2. The highest BCUT2D eigenvalue weighted by Crippen LogP contribution is 2.45. The van der Waals surface area contributed by atoms with Gasteiger partial charge in [0.1, 0.15) is 6.04 Å². The van der Waals surface area contributed by atoms with Gasteiger partial charge in [0.2, 0.25) is 11.1 Å². The lowest BCUT2D eigenvalue weighted by Gasteiger charge is -2.38. The molecule has 2 aliphatic rings. The Hall–Kier alpha value is -1.73. The smallest absolute Gasteiger partial charge is 0.227 e. The van der Waals surface area contributed by atoms with Crippen molar-refractivity contribution in [3.63, 3.8) is 0 Å². The van der Waals surface area contributed by atoms with Crippen LogP contribution in [0.15, 0.2) is 45.6 Å². The first-order valence-electron chi connectivity index (χ1n) is 8.59. The molecule has 7 heteroatoms. The molecule has 0 amide bonds. The van der Waals surface area contributed by atoms with Gasteiger partial charge in [-0.05, 0) is 42.0 Å². The summed E-state index contributed by atoms with van der Waals surface area (Å²) >= 11 is 3.22. The van der Waals surface area contributed by atoms with E-state index in [1.807, 2.05) is 10.9 Å². The normalized spacial score (nSPS) is 21.2. The molecule has 0 unspecified atom stereocenters. The molecule has 4 rings (SSSR count). The molecule has 0 saturated carbocycles. The van der Waals surface area contributed by atoms with Crippen molar-refractivity contribution in [2.24, 2.45) is 5.41 Å². The van der Waals surface area contributed by atoms with Crippen LogP contribution in [0.3, 0.4) is 0 Å². The van der Waals surface area contributed by atoms with Crippen molar-refractivity contribution in [3.05, 3.63) is 41.1 Å². The number of carbonyl (C=O) groups excluding carboxylic acids is 1. The standard InChI is InChI=1S/C19H22N4OS2/c1-19(2)9-13-15(14(24)10-19)16(11-5-7-12(25-3)8-6-11)23-17(20-13)21-18(22-23)26-4/h5-8,16H,9-10H2,1-4H3,(H,20,21,22)/t16-/m0/s1. The maximum Gasteiger partial charge on any atom is 0.227 e. The van der Waals surface area contributed by atoms with Crippen LogP contribution in [0, 0.1) is 5.41 Å². The Labute approximate surface area is 162 Å². The van der Waals surface area contributed by atoms with Crippen LogP contribution in [-0.4, -0.2) is 33.1 Å². The Morgan fingerprint density at radius 2 is 1.88 bits per heavy atom. The molecule has 0 saturated heterocycles. The van der Waals surface area contributed by atoms with Crippen LogP contribution in [0.2, 0.25) is 0 Å². The van der Waals surface area contributed by atoms with Crippen molar-refractivity contribution in [2.45, 2.75) is 42.8 Å². The second-order valence-electron chi connectivity index (χ2n) is 7.50. The second kappa shape index (κ2) is 6.46. The van der Waals surface area contributed by atoms with Gasteiger partial charge in [-0.3, -0.25) is 4.79 Å². The van der Waals surface area contributed by atoms with Crippen molar-refractivity contribution in [3.8, 4) is 0 Å². The first-order chi connectivity index (χ1) is 12.4. The van der Waals surface area contributed by atoms with E-state index < -0.39 is 0 Å². The van der Waals surface area contributed by atoms with Crippen LogP contribution < -0.4 is 5.32 Å². The second-order valence-corrected chi connectivity index (χ2v) is 9.15. The van der Waals surface area contributed by atoms with Crippen LogP contribution >= 0.6 is 23.5 Å². The van der Waals surface area contributed by atoms with Gasteiger partial charge in [-0.15, -0.1) is 16.9 Å². The summed E-state index contributed by atoms with van der Waals surface area (Å²) in [6, 6.07) is 8.19. The number of carbonyl (C=O) groups is 1. The fraction of sp³-hybridized carbons (Fsp3) is 0.421. The zero-order chi connectivity index (χ0) is 18.5. The maximum absolute atomic E-state index is 13.1. The zero-order valence-electron chi connectivity index (χ0n) is 15.4. The highest BCUT2D eigenvalue weighted by molar-refractivity contribution is 7.98. The molecule has 0 radical (unpaired) electrons. The molecule has 1 aromatic carbocycles. The fourth-order valence-corrected chi connectivity index (χ4v) is 4.53. The summed E-state index contributed by atoms with van der Waals surface area (Å²) in [7, 11) is 0. The summed E-state index contributed by atoms with van der Waals surface area (Å²) in [6.07, 6.45) is 5.43. The van der Waals surface area contributed by atoms with Crippen LogP contribution in [0.1, 0.15) is 38.3 Å². The van der Waals surface area contributed by atoms with Gasteiger partial charge >= 0.3 is 0 Å². The third-order valence-electron chi connectivity index (χ3n) is 4.93. The minimum Gasteiger partial charge on any atom is -0.328 e. The first-order valence-corrected chi connectivity index (χ1v) is 11.0. The predicted molar refractivity (Wildman–Crippen MR) is 107 cm³/mol. The van der Waals surface area contributed by atoms with Crippen molar-refractivity contribution in [2.75, 3.05) is 17.8 Å². The monoisotopic (exact) mass is 386 g/mol. The van der Waals surface area contributed by atoms with E-state index >= 15 is 0 Å². The quantitative estimate of drug-likeness (QED) is 0.790. The highest BCUT2D eigenvalue weighted by Gasteiger charge is 2.41. The molecule has 1 aromatic heterocycles. The van der Waals surface area contributed by atoms with Gasteiger partial charge in [-0.1, -0.05) is 37.7 Å². The van der Waals surface area contributed by atoms with E-state index in [2.05, 4.69) is 59.8 Å². The number of Topliss-reactive ketones (excluding diaryl/α,β-unsaturated/α-hetero) is 1. The summed E-state index contributed by atoms with van der Waals surface area (Å²) in [5.41, 5.74) is 2.87. The lowest BCUT2D eigenvalue weighted by Crippen LogP contribution is -2.36. The van der Waals surface area contributed by atoms with Crippen LogP contribution in [0.25, 0.3) is 0 Å². The number of hydrogen-bond acceptors (Lipinski definition) is 6. The molecule has 2 aromatic rings. The van der Waals surface area contributed by atoms with E-state index in [4.69, 9.17) is 0 Å². The number of thioether (sulfide) groups is 2. The Morgan fingerprint density at radius 3 is 2.54 bits per heavy atom. The molecular weight excluding hydrogens is 364 g/mol. The molecule has 1 atom stereocenters. The summed E-state index contributed by atoms with van der Waals surface area (Å²) in [4.78, 5) is 18.9. The molecular formula is C19H22N4OS2. The van der Waals surface area contributed by atoms with Gasteiger partial charge < -0.3 is 5.32 Å². The molecule has 0 fully saturated rings. The molecule has 5 nitrogen and oxygen atoms in total. The van der Waals surface area contributed by atoms with Gasteiger partial charge in [0.05, 0.1) is 0 Å². The molecule has 0 spiro atoms. The Bertz CT molecular complexity index is 899. The number of benzene rings is 1. The number of hydrogen-bond donors (Lipinski definition) is 1. The van der Waals surface area contributed by atoms with Crippen molar-refractivity contribution in [1.29, 1.82) is 0 Å². The third-order valence-corrected chi connectivity index (χ3v) is 6.21. The van der Waals surface area contributed by atoms with Crippen LogP contribution in [0.5, 0.6) is 0 Å². The summed E-state index contributed by atoms with van der Waals surface area (Å²) in [6.45, 7) is 4.29. The Morgan fingerprint density at radius 1 is 1.15 bits per heavy atom. The number of anilines is 1. The first kappa shape index (κ1) is 17.7. The number of nitrogens with one attached hydrogen (secondary N) is 1. The topological polar surface area (TPSA) is 59.8 Å². The van der Waals surface area contributed by atoms with Gasteiger partial charge in [0.15, 0.2) is 5.78 Å². The van der Waals surface area contributed by atoms with Crippen molar-refractivity contribution in [1.82, 2.24) is 14.8 Å². The van der Waals surface area contributed by atoms with E-state index in [0.717, 1.165) is 29.2 Å². The molecule has 136 valence electrons. The minimum atomic E-state index is -0.214. The summed E-state index contributed by atoms with van der Waals surface area (Å²) in [5.74, 6) is 0.923. The average Bonchev–Trinajstić information content (AvgIpc) is 3.01. The number of fused-ring (bicyclic) bond motifs is 1. The molecule has 1 aliphatic heterocycles. The molecule has 0 bridgehead atoms. The number of allylic oxidation sites excluding steroid dienone is 2. The molecule has 2 heterocycles. The number of nitrogens with zero attached hydrogens (tertiary/aromatic N) is 3. The van der Waals surface area contributed by atoms with Gasteiger partial charge in [-0.25, -0.2) is 4.68 Å².